The zero-order valence-electron chi connectivity index (χ0n) is 13.2. The maximum absolute atomic E-state index is 2.39. The van der Waals surface area contributed by atoms with Crippen molar-refractivity contribution < 1.29 is 0 Å². The van der Waals surface area contributed by atoms with Crippen molar-refractivity contribution in [3.63, 3.8) is 0 Å². The molecule has 0 amide bonds. The van der Waals surface area contributed by atoms with Crippen molar-refractivity contribution in [2.45, 2.75) is 65.7 Å². The standard InChI is InChI=1S/C19H28S/c1-15(2)9-7-5-4-6-8-10-17-11-12-18-13-16(3)20-19(18)14-17/h11-15H,4-10H2,1-3H3. The van der Waals surface area contributed by atoms with Crippen molar-refractivity contribution in [3.8, 4) is 0 Å². The number of fused-ring (bicyclic) bond motifs is 1. The van der Waals surface area contributed by atoms with Gasteiger partial charge in [0.1, 0.15) is 0 Å². The number of aryl methyl sites for hydroxylation is 2. The minimum atomic E-state index is 0.871. The average Bonchev–Trinajstić information content (AvgIpc) is 2.76. The summed E-state index contributed by atoms with van der Waals surface area (Å²) in [4.78, 5) is 1.42. The Morgan fingerprint density at radius 2 is 1.70 bits per heavy atom. The quantitative estimate of drug-likeness (QED) is 0.471. The Bertz CT molecular complexity index is 522. The van der Waals surface area contributed by atoms with Gasteiger partial charge in [-0.3, -0.25) is 0 Å². The van der Waals surface area contributed by atoms with Gasteiger partial charge in [0.15, 0.2) is 0 Å². The zero-order valence-corrected chi connectivity index (χ0v) is 14.1. The van der Waals surface area contributed by atoms with Gasteiger partial charge in [0.05, 0.1) is 0 Å². The summed E-state index contributed by atoms with van der Waals surface area (Å²) in [5.41, 5.74) is 1.52. The molecule has 0 aliphatic heterocycles. The molecule has 0 saturated heterocycles. The maximum Gasteiger partial charge on any atom is 0.0348 e. The Morgan fingerprint density at radius 1 is 0.950 bits per heavy atom. The fraction of sp³-hybridized carbons (Fsp3) is 0.579. The van der Waals surface area contributed by atoms with E-state index >= 15 is 0 Å². The predicted octanol–water partition coefficient (Wildman–Crippen LogP) is 6.75. The maximum atomic E-state index is 2.39. The van der Waals surface area contributed by atoms with Crippen LogP contribution in [0.1, 0.15) is 62.8 Å². The Balaban J connectivity index is 1.68. The van der Waals surface area contributed by atoms with Crippen molar-refractivity contribution in [3.05, 3.63) is 34.7 Å². The molecule has 0 aliphatic rings. The molecule has 0 radical (unpaired) electrons. The molecule has 0 nitrogen and oxygen atoms in total. The van der Waals surface area contributed by atoms with Gasteiger partial charge in [-0.25, -0.2) is 0 Å². The monoisotopic (exact) mass is 288 g/mol. The molecule has 0 aliphatic carbocycles. The lowest BCUT2D eigenvalue weighted by Gasteiger charge is -2.05. The molecule has 0 fully saturated rings. The molecule has 0 N–H and O–H groups in total. The Kier molecular flexibility index (Phi) is 6.09. The van der Waals surface area contributed by atoms with E-state index in [4.69, 9.17) is 0 Å². The second-order valence-corrected chi connectivity index (χ2v) is 7.72. The second-order valence-electron chi connectivity index (χ2n) is 6.43. The number of hydrogen-bond donors (Lipinski definition) is 0. The third-order valence-electron chi connectivity index (χ3n) is 3.95. The molecule has 110 valence electrons. The van der Waals surface area contributed by atoms with E-state index in [1.54, 1.807) is 0 Å². The molecule has 0 bridgehead atoms. The van der Waals surface area contributed by atoms with Crippen LogP contribution in [0.5, 0.6) is 0 Å². The largest absolute Gasteiger partial charge is 0.141 e. The van der Waals surface area contributed by atoms with Gasteiger partial charge in [0, 0.05) is 9.58 Å². The van der Waals surface area contributed by atoms with Gasteiger partial charge in [-0.05, 0) is 48.8 Å². The molecule has 1 aromatic heterocycles. The summed E-state index contributed by atoms with van der Waals surface area (Å²) >= 11 is 1.92. The number of unbranched alkanes of at least 4 members (excludes halogenated alkanes) is 4. The van der Waals surface area contributed by atoms with Crippen molar-refractivity contribution in [2.24, 2.45) is 5.92 Å². The molecule has 0 spiro atoms. The summed E-state index contributed by atoms with van der Waals surface area (Å²) in [6.07, 6.45) is 9.62. The summed E-state index contributed by atoms with van der Waals surface area (Å²) in [6.45, 7) is 6.84. The van der Waals surface area contributed by atoms with E-state index in [9.17, 15) is 0 Å². The highest BCUT2D eigenvalue weighted by Gasteiger charge is 2.01. The molecular weight excluding hydrogens is 260 g/mol. The summed E-state index contributed by atoms with van der Waals surface area (Å²) in [5.74, 6) is 0.871. The Morgan fingerprint density at radius 3 is 2.50 bits per heavy atom. The summed E-state index contributed by atoms with van der Waals surface area (Å²) < 4.78 is 1.46. The van der Waals surface area contributed by atoms with Crippen LogP contribution in [-0.4, -0.2) is 0 Å². The summed E-state index contributed by atoms with van der Waals surface area (Å²) in [6, 6.07) is 9.29. The van der Waals surface area contributed by atoms with Gasteiger partial charge < -0.3 is 0 Å². The highest BCUT2D eigenvalue weighted by Crippen LogP contribution is 2.26. The van der Waals surface area contributed by atoms with Gasteiger partial charge in [-0.1, -0.05) is 58.1 Å². The average molecular weight is 288 g/mol. The van der Waals surface area contributed by atoms with Crippen LogP contribution in [-0.2, 0) is 6.42 Å². The second kappa shape index (κ2) is 7.83. The minimum Gasteiger partial charge on any atom is -0.141 e. The molecule has 1 aromatic carbocycles. The molecule has 20 heavy (non-hydrogen) atoms. The lowest BCUT2D eigenvalue weighted by Crippen LogP contribution is -1.88. The predicted molar refractivity (Wildman–Crippen MR) is 92.8 cm³/mol. The van der Waals surface area contributed by atoms with E-state index in [-0.39, 0.29) is 0 Å². The van der Waals surface area contributed by atoms with Crippen LogP contribution in [0.15, 0.2) is 24.3 Å². The molecule has 2 rings (SSSR count). The van der Waals surface area contributed by atoms with Crippen LogP contribution in [0.3, 0.4) is 0 Å². The van der Waals surface area contributed by atoms with Crippen molar-refractivity contribution >= 4 is 21.4 Å². The number of rotatable bonds is 8. The van der Waals surface area contributed by atoms with E-state index in [0.29, 0.717) is 0 Å². The normalized spacial score (nSPS) is 11.6. The van der Waals surface area contributed by atoms with Gasteiger partial charge in [0.2, 0.25) is 0 Å². The van der Waals surface area contributed by atoms with Gasteiger partial charge in [-0.15, -0.1) is 11.3 Å². The lowest BCUT2D eigenvalue weighted by molar-refractivity contribution is 0.515. The first-order valence-electron chi connectivity index (χ1n) is 8.14. The number of thiophene rings is 1. The first kappa shape index (κ1) is 15.6. The minimum absolute atomic E-state index is 0.871. The van der Waals surface area contributed by atoms with Crippen LogP contribution in [0.2, 0.25) is 0 Å². The molecule has 0 atom stereocenters. The van der Waals surface area contributed by atoms with Gasteiger partial charge in [-0.2, -0.15) is 0 Å². The molecule has 1 heterocycles. The highest BCUT2D eigenvalue weighted by molar-refractivity contribution is 7.19. The number of hydrogen-bond acceptors (Lipinski definition) is 1. The summed E-state index contributed by atoms with van der Waals surface area (Å²) in [5, 5.41) is 1.41. The lowest BCUT2D eigenvalue weighted by atomic mass is 10.0. The van der Waals surface area contributed by atoms with Crippen LogP contribution in [0, 0.1) is 12.8 Å². The third-order valence-corrected chi connectivity index (χ3v) is 4.97. The first-order chi connectivity index (χ1) is 9.65. The zero-order chi connectivity index (χ0) is 14.4. The fourth-order valence-corrected chi connectivity index (χ4v) is 3.76. The van der Waals surface area contributed by atoms with E-state index in [1.165, 1.54) is 65.5 Å². The fourth-order valence-electron chi connectivity index (χ4n) is 2.78. The van der Waals surface area contributed by atoms with Crippen LogP contribution in [0.4, 0.5) is 0 Å². The highest BCUT2D eigenvalue weighted by atomic mass is 32.1. The van der Waals surface area contributed by atoms with E-state index in [0.717, 1.165) is 5.92 Å². The third kappa shape index (κ3) is 4.94. The molecular formula is C19H28S. The van der Waals surface area contributed by atoms with Crippen molar-refractivity contribution in [1.29, 1.82) is 0 Å². The molecule has 0 saturated carbocycles. The van der Waals surface area contributed by atoms with Gasteiger partial charge >= 0.3 is 0 Å². The van der Waals surface area contributed by atoms with Crippen LogP contribution in [0.25, 0.3) is 10.1 Å². The molecule has 0 unspecified atom stereocenters. The molecule has 2 aromatic rings. The first-order valence-corrected chi connectivity index (χ1v) is 8.96. The van der Waals surface area contributed by atoms with Crippen molar-refractivity contribution in [2.75, 3.05) is 0 Å². The topological polar surface area (TPSA) is 0 Å². The number of benzene rings is 1. The molecule has 1 heteroatoms. The van der Waals surface area contributed by atoms with Gasteiger partial charge in [0.25, 0.3) is 0 Å². The Hall–Kier alpha value is -0.820. The van der Waals surface area contributed by atoms with Crippen molar-refractivity contribution in [1.82, 2.24) is 0 Å². The smallest absolute Gasteiger partial charge is 0.0348 e. The Labute approximate surface area is 128 Å². The summed E-state index contributed by atoms with van der Waals surface area (Å²) in [7, 11) is 0. The van der Waals surface area contributed by atoms with E-state index in [1.807, 2.05) is 11.3 Å². The van der Waals surface area contributed by atoms with Crippen LogP contribution < -0.4 is 0 Å². The SMILES string of the molecule is Cc1cc2ccc(CCCCCCCC(C)C)cc2s1. The van der Waals surface area contributed by atoms with E-state index < -0.39 is 0 Å². The van der Waals surface area contributed by atoms with E-state index in [2.05, 4.69) is 45.0 Å². The van der Waals surface area contributed by atoms with Crippen LogP contribution >= 0.6 is 11.3 Å².